The highest BCUT2D eigenvalue weighted by Crippen LogP contribution is 2.44. The molecule has 1 aliphatic carbocycles. The molecule has 0 bridgehead atoms. The Labute approximate surface area is 201 Å². The fourth-order valence-corrected chi connectivity index (χ4v) is 4.74. The molecule has 5 rings (SSSR count). The van der Waals surface area contributed by atoms with Crippen molar-refractivity contribution in [3.63, 3.8) is 0 Å². The van der Waals surface area contributed by atoms with E-state index < -0.39 is 6.09 Å². The molecule has 1 saturated heterocycles. The highest BCUT2D eigenvalue weighted by atomic mass is 16.5. The molecule has 0 saturated carbocycles. The van der Waals surface area contributed by atoms with Crippen molar-refractivity contribution in [1.82, 2.24) is 10.6 Å². The van der Waals surface area contributed by atoms with Crippen LogP contribution in [0.15, 0.2) is 72.8 Å². The normalized spacial score (nSPS) is 14.5. The van der Waals surface area contributed by atoms with Gasteiger partial charge in [-0.25, -0.2) is 4.79 Å². The van der Waals surface area contributed by atoms with E-state index in [2.05, 4.69) is 69.8 Å². The minimum Gasteiger partial charge on any atom is -0.449 e. The van der Waals surface area contributed by atoms with E-state index in [4.69, 9.17) is 4.74 Å². The Kier molecular flexibility index (Phi) is 6.78. The Morgan fingerprint density at radius 1 is 0.971 bits per heavy atom. The smallest absolute Gasteiger partial charge is 0.407 e. The van der Waals surface area contributed by atoms with E-state index in [0.717, 1.165) is 31.7 Å². The van der Waals surface area contributed by atoms with Crippen LogP contribution < -0.4 is 15.5 Å². The van der Waals surface area contributed by atoms with Gasteiger partial charge < -0.3 is 20.3 Å². The number of nitrogens with zero attached hydrogens (tertiary/aromatic N) is 1. The van der Waals surface area contributed by atoms with Crippen LogP contribution in [0.1, 0.15) is 29.0 Å². The fourth-order valence-electron chi connectivity index (χ4n) is 4.74. The Morgan fingerprint density at radius 3 is 2.41 bits per heavy atom. The van der Waals surface area contributed by atoms with Gasteiger partial charge in [-0.1, -0.05) is 66.4 Å². The summed E-state index contributed by atoms with van der Waals surface area (Å²) in [5.41, 5.74) is 7.09. The second-order valence-electron chi connectivity index (χ2n) is 8.59. The van der Waals surface area contributed by atoms with Crippen molar-refractivity contribution in [2.24, 2.45) is 0 Å². The van der Waals surface area contributed by atoms with Crippen LogP contribution in [0.25, 0.3) is 11.1 Å². The predicted octanol–water partition coefficient (Wildman–Crippen LogP) is 4.38. The highest BCUT2D eigenvalue weighted by Gasteiger charge is 2.28. The molecule has 1 amide bonds. The van der Waals surface area contributed by atoms with Gasteiger partial charge in [-0.05, 0) is 40.5 Å². The summed E-state index contributed by atoms with van der Waals surface area (Å²) in [6.07, 6.45) is 0.173. The first kappa shape index (κ1) is 22.1. The van der Waals surface area contributed by atoms with Gasteiger partial charge in [0.15, 0.2) is 0 Å². The maximum atomic E-state index is 12.3. The molecule has 3 aromatic rings. The number of anilines is 1. The molecule has 5 nitrogen and oxygen atoms in total. The number of hydrogen-bond acceptors (Lipinski definition) is 4. The van der Waals surface area contributed by atoms with Crippen molar-refractivity contribution < 1.29 is 9.53 Å². The maximum Gasteiger partial charge on any atom is 0.407 e. The first-order valence-corrected chi connectivity index (χ1v) is 11.9. The van der Waals surface area contributed by atoms with E-state index >= 15 is 0 Å². The number of carbonyl (C=O) groups excluding carboxylic acids is 1. The van der Waals surface area contributed by atoms with Gasteiger partial charge in [0.2, 0.25) is 0 Å². The Hall–Kier alpha value is -3.75. The molecule has 0 radical (unpaired) electrons. The molecule has 1 heterocycles. The third kappa shape index (κ3) is 4.93. The number of alkyl carbamates (subject to hydrolysis) is 1. The average molecular weight is 452 g/mol. The SMILES string of the molecule is O=C(NCCC#Cc1cccc(N2CCNCC2)c1)OCC1c2ccccc2-c2ccccc21. The molecule has 0 spiro atoms. The monoisotopic (exact) mass is 451 g/mol. The van der Waals surface area contributed by atoms with Gasteiger partial charge in [-0.3, -0.25) is 0 Å². The van der Waals surface area contributed by atoms with Crippen molar-refractivity contribution in [2.75, 3.05) is 44.2 Å². The van der Waals surface area contributed by atoms with E-state index in [9.17, 15) is 4.79 Å². The third-order valence-corrected chi connectivity index (χ3v) is 6.42. The number of nitrogens with one attached hydrogen (secondary N) is 2. The number of amides is 1. The minimum absolute atomic E-state index is 0.0703. The van der Waals surface area contributed by atoms with Gasteiger partial charge in [0.05, 0.1) is 0 Å². The summed E-state index contributed by atoms with van der Waals surface area (Å²) >= 11 is 0. The molecular formula is C29H29N3O2. The average Bonchev–Trinajstić information content (AvgIpc) is 3.22. The number of rotatable bonds is 5. The molecule has 1 aliphatic heterocycles. The zero-order valence-corrected chi connectivity index (χ0v) is 19.2. The summed E-state index contributed by atoms with van der Waals surface area (Å²) < 4.78 is 5.58. The lowest BCUT2D eigenvalue weighted by Crippen LogP contribution is -2.43. The number of fused-ring (bicyclic) bond motifs is 3. The lowest BCUT2D eigenvalue weighted by Gasteiger charge is -2.29. The van der Waals surface area contributed by atoms with Gasteiger partial charge in [0, 0.05) is 56.3 Å². The second-order valence-corrected chi connectivity index (χ2v) is 8.59. The largest absolute Gasteiger partial charge is 0.449 e. The zero-order valence-electron chi connectivity index (χ0n) is 19.2. The third-order valence-electron chi connectivity index (χ3n) is 6.42. The standard InChI is InChI=1S/C29H29N3O2/c33-29(34-21-28-26-13-3-1-11-24(26)25-12-2-4-14-27(25)28)31-15-6-5-8-22-9-7-10-23(20-22)32-18-16-30-17-19-32/h1-4,7,9-14,20,28,30H,6,15-19,21H2,(H,31,33). The summed E-state index contributed by atoms with van der Waals surface area (Å²) in [7, 11) is 0. The van der Waals surface area contributed by atoms with Gasteiger partial charge in [0.25, 0.3) is 0 Å². The van der Waals surface area contributed by atoms with Crippen LogP contribution in [-0.4, -0.2) is 45.4 Å². The molecule has 0 aromatic heterocycles. The molecule has 2 aliphatic rings. The summed E-state index contributed by atoms with van der Waals surface area (Å²) in [4.78, 5) is 14.7. The highest BCUT2D eigenvalue weighted by molar-refractivity contribution is 5.79. The van der Waals surface area contributed by atoms with E-state index in [1.807, 2.05) is 30.3 Å². The number of carbonyl (C=O) groups is 1. The summed E-state index contributed by atoms with van der Waals surface area (Å²) in [6, 6.07) is 25.0. The Bertz CT molecular complexity index is 1180. The first-order valence-electron chi connectivity index (χ1n) is 11.9. The van der Waals surface area contributed by atoms with Crippen LogP contribution in [0.2, 0.25) is 0 Å². The van der Waals surface area contributed by atoms with Crippen molar-refractivity contribution in [1.29, 1.82) is 0 Å². The van der Waals surface area contributed by atoms with Crippen LogP contribution >= 0.6 is 0 Å². The van der Waals surface area contributed by atoms with Gasteiger partial charge in [-0.15, -0.1) is 0 Å². The van der Waals surface area contributed by atoms with Crippen LogP contribution in [0.3, 0.4) is 0 Å². The maximum absolute atomic E-state index is 12.3. The van der Waals surface area contributed by atoms with E-state index in [1.54, 1.807) is 0 Å². The van der Waals surface area contributed by atoms with Gasteiger partial charge >= 0.3 is 6.09 Å². The lowest BCUT2D eigenvalue weighted by atomic mass is 9.98. The second kappa shape index (κ2) is 10.5. The molecule has 1 fully saturated rings. The van der Waals surface area contributed by atoms with Crippen molar-refractivity contribution in [3.05, 3.63) is 89.5 Å². The summed E-state index contributed by atoms with van der Waals surface area (Å²) in [5, 5.41) is 6.20. The van der Waals surface area contributed by atoms with E-state index in [1.165, 1.54) is 27.9 Å². The lowest BCUT2D eigenvalue weighted by molar-refractivity contribution is 0.143. The van der Waals surface area contributed by atoms with Crippen molar-refractivity contribution in [3.8, 4) is 23.0 Å². The van der Waals surface area contributed by atoms with E-state index in [0.29, 0.717) is 19.6 Å². The first-order chi connectivity index (χ1) is 16.8. The molecule has 0 unspecified atom stereocenters. The molecule has 2 N–H and O–H groups in total. The number of hydrogen-bond donors (Lipinski definition) is 2. The van der Waals surface area contributed by atoms with Crippen LogP contribution in [0.4, 0.5) is 10.5 Å². The summed E-state index contributed by atoms with van der Waals surface area (Å²) in [5.74, 6) is 6.44. The molecule has 3 aromatic carbocycles. The number of ether oxygens (including phenoxy) is 1. The molecule has 5 heteroatoms. The minimum atomic E-state index is -0.399. The van der Waals surface area contributed by atoms with Crippen molar-refractivity contribution in [2.45, 2.75) is 12.3 Å². The molecule has 0 atom stereocenters. The topological polar surface area (TPSA) is 53.6 Å². The molecule has 172 valence electrons. The quantitative estimate of drug-likeness (QED) is 0.447. The molecule has 34 heavy (non-hydrogen) atoms. The van der Waals surface area contributed by atoms with Crippen LogP contribution in [-0.2, 0) is 4.74 Å². The summed E-state index contributed by atoms with van der Waals surface area (Å²) in [6.45, 7) is 4.84. The van der Waals surface area contributed by atoms with Crippen LogP contribution in [0.5, 0.6) is 0 Å². The number of benzene rings is 3. The van der Waals surface area contributed by atoms with Crippen molar-refractivity contribution >= 4 is 11.8 Å². The van der Waals surface area contributed by atoms with E-state index in [-0.39, 0.29) is 5.92 Å². The van der Waals surface area contributed by atoms with Gasteiger partial charge in [-0.2, -0.15) is 0 Å². The molecular weight excluding hydrogens is 422 g/mol. The number of piperazine rings is 1. The Morgan fingerprint density at radius 2 is 1.68 bits per heavy atom. The predicted molar refractivity (Wildman–Crippen MR) is 136 cm³/mol. The fraction of sp³-hybridized carbons (Fsp3) is 0.276. The Balaban J connectivity index is 1.10. The zero-order chi connectivity index (χ0) is 23.2. The van der Waals surface area contributed by atoms with Crippen LogP contribution in [0, 0.1) is 11.8 Å². The van der Waals surface area contributed by atoms with Gasteiger partial charge in [0.1, 0.15) is 6.61 Å².